The molecule has 17 heavy (non-hydrogen) atoms. The van der Waals surface area contributed by atoms with Gasteiger partial charge in [0.05, 0.1) is 11.9 Å². The first-order valence-corrected chi connectivity index (χ1v) is 5.87. The van der Waals surface area contributed by atoms with Gasteiger partial charge in [-0.2, -0.15) is 0 Å². The summed E-state index contributed by atoms with van der Waals surface area (Å²) in [7, 11) is 0. The number of hydrogen-bond donors (Lipinski definition) is 2. The van der Waals surface area contributed by atoms with Crippen molar-refractivity contribution in [3.05, 3.63) is 41.3 Å². The summed E-state index contributed by atoms with van der Waals surface area (Å²) < 4.78 is 0. The van der Waals surface area contributed by atoms with Crippen molar-refractivity contribution in [2.45, 2.75) is 33.3 Å². The van der Waals surface area contributed by atoms with E-state index in [0.29, 0.717) is 11.7 Å². The van der Waals surface area contributed by atoms with Crippen LogP contribution in [0, 0.1) is 6.92 Å². The molecule has 0 aliphatic rings. The van der Waals surface area contributed by atoms with Crippen molar-refractivity contribution in [1.82, 2.24) is 9.97 Å². The largest absolute Gasteiger partial charge is 0.388 e. The van der Waals surface area contributed by atoms with Crippen molar-refractivity contribution < 1.29 is 5.11 Å². The van der Waals surface area contributed by atoms with E-state index in [0.717, 1.165) is 11.3 Å². The summed E-state index contributed by atoms with van der Waals surface area (Å²) in [4.78, 5) is 7.25. The van der Waals surface area contributed by atoms with Crippen LogP contribution in [0.4, 0.5) is 0 Å². The zero-order valence-electron chi connectivity index (χ0n) is 10.5. The van der Waals surface area contributed by atoms with E-state index in [9.17, 15) is 0 Å². The van der Waals surface area contributed by atoms with Crippen molar-refractivity contribution >= 4 is 0 Å². The van der Waals surface area contributed by atoms with E-state index in [4.69, 9.17) is 5.11 Å². The fourth-order valence-corrected chi connectivity index (χ4v) is 1.87. The number of hydrogen-bond acceptors (Lipinski definition) is 2. The number of H-pyrrole nitrogens is 1. The lowest BCUT2D eigenvalue weighted by molar-refractivity contribution is 0.272. The highest BCUT2D eigenvalue weighted by Gasteiger charge is 2.08. The van der Waals surface area contributed by atoms with Crippen LogP contribution in [-0.4, -0.2) is 15.1 Å². The fraction of sp³-hybridized carbons (Fsp3) is 0.357. The van der Waals surface area contributed by atoms with Crippen LogP contribution in [0.15, 0.2) is 24.4 Å². The Bertz CT molecular complexity index is 515. The highest BCUT2D eigenvalue weighted by atomic mass is 16.3. The number of nitrogens with one attached hydrogen (secondary N) is 1. The van der Waals surface area contributed by atoms with Crippen molar-refractivity contribution in [3.63, 3.8) is 0 Å². The van der Waals surface area contributed by atoms with Gasteiger partial charge in [-0.05, 0) is 30.0 Å². The number of benzene rings is 1. The zero-order chi connectivity index (χ0) is 12.4. The van der Waals surface area contributed by atoms with E-state index in [-0.39, 0.29) is 6.61 Å². The lowest BCUT2D eigenvalue weighted by Gasteiger charge is -2.10. The van der Waals surface area contributed by atoms with Crippen LogP contribution in [0.2, 0.25) is 0 Å². The maximum atomic E-state index is 9.02. The Kier molecular flexibility index (Phi) is 3.29. The molecule has 3 heteroatoms. The second kappa shape index (κ2) is 4.72. The SMILES string of the molecule is Cc1ccc(C(C)C)cc1-c1cnc(CO)[nH]1. The van der Waals surface area contributed by atoms with Crippen LogP contribution in [0.1, 0.15) is 36.7 Å². The molecule has 2 N–H and O–H groups in total. The highest BCUT2D eigenvalue weighted by molar-refractivity contribution is 5.64. The fourth-order valence-electron chi connectivity index (χ4n) is 1.87. The number of nitrogens with zero attached hydrogens (tertiary/aromatic N) is 1. The highest BCUT2D eigenvalue weighted by Crippen LogP contribution is 2.26. The Hall–Kier alpha value is -1.61. The molecule has 0 radical (unpaired) electrons. The van der Waals surface area contributed by atoms with E-state index in [2.05, 4.69) is 48.9 Å². The van der Waals surface area contributed by atoms with Gasteiger partial charge in [-0.15, -0.1) is 0 Å². The van der Waals surface area contributed by atoms with Crippen LogP contribution in [-0.2, 0) is 6.61 Å². The van der Waals surface area contributed by atoms with E-state index >= 15 is 0 Å². The minimum absolute atomic E-state index is 0.0527. The van der Waals surface area contributed by atoms with Crippen LogP contribution in [0.25, 0.3) is 11.3 Å². The first-order valence-electron chi connectivity index (χ1n) is 5.87. The third-order valence-electron chi connectivity index (χ3n) is 3.00. The molecular formula is C14H18N2O. The van der Waals surface area contributed by atoms with Gasteiger partial charge in [-0.1, -0.05) is 26.0 Å². The summed E-state index contributed by atoms with van der Waals surface area (Å²) >= 11 is 0. The number of aromatic amines is 1. The molecular weight excluding hydrogens is 212 g/mol. The van der Waals surface area contributed by atoms with E-state index in [1.807, 2.05) is 0 Å². The number of aryl methyl sites for hydroxylation is 1. The van der Waals surface area contributed by atoms with Gasteiger partial charge >= 0.3 is 0 Å². The smallest absolute Gasteiger partial charge is 0.132 e. The minimum Gasteiger partial charge on any atom is -0.388 e. The summed E-state index contributed by atoms with van der Waals surface area (Å²) in [5.41, 5.74) is 4.64. The third-order valence-corrected chi connectivity index (χ3v) is 3.00. The van der Waals surface area contributed by atoms with Crippen LogP contribution < -0.4 is 0 Å². The van der Waals surface area contributed by atoms with E-state index in [1.165, 1.54) is 11.1 Å². The van der Waals surface area contributed by atoms with Gasteiger partial charge in [-0.25, -0.2) is 4.98 Å². The summed E-state index contributed by atoms with van der Waals surface area (Å²) in [5.74, 6) is 1.11. The van der Waals surface area contributed by atoms with Crippen LogP contribution >= 0.6 is 0 Å². The number of aromatic nitrogens is 2. The van der Waals surface area contributed by atoms with Crippen LogP contribution in [0.3, 0.4) is 0 Å². The zero-order valence-corrected chi connectivity index (χ0v) is 10.5. The Morgan fingerprint density at radius 1 is 1.35 bits per heavy atom. The molecule has 0 saturated carbocycles. The molecule has 0 atom stereocenters. The quantitative estimate of drug-likeness (QED) is 0.851. The van der Waals surface area contributed by atoms with Crippen molar-refractivity contribution in [3.8, 4) is 11.3 Å². The summed E-state index contributed by atoms with van der Waals surface area (Å²) in [6, 6.07) is 6.48. The average molecular weight is 230 g/mol. The normalized spacial score (nSPS) is 11.1. The average Bonchev–Trinajstić information content (AvgIpc) is 2.77. The van der Waals surface area contributed by atoms with Gasteiger partial charge in [0.25, 0.3) is 0 Å². The summed E-state index contributed by atoms with van der Waals surface area (Å²) in [5, 5.41) is 9.02. The molecule has 0 bridgehead atoms. The first kappa shape index (κ1) is 11.9. The van der Waals surface area contributed by atoms with Crippen LogP contribution in [0.5, 0.6) is 0 Å². The second-order valence-electron chi connectivity index (χ2n) is 4.63. The Morgan fingerprint density at radius 3 is 2.71 bits per heavy atom. The molecule has 0 aliphatic heterocycles. The standard InChI is InChI=1S/C14H18N2O/c1-9(2)11-5-4-10(3)12(6-11)13-7-15-14(8-17)16-13/h4-7,9,17H,8H2,1-3H3,(H,15,16). The van der Waals surface area contributed by atoms with Gasteiger partial charge in [0, 0.05) is 5.56 Å². The van der Waals surface area contributed by atoms with Gasteiger partial charge in [-0.3, -0.25) is 0 Å². The molecule has 0 fully saturated rings. The predicted molar refractivity (Wildman–Crippen MR) is 68.8 cm³/mol. The van der Waals surface area contributed by atoms with Crippen molar-refractivity contribution in [2.75, 3.05) is 0 Å². The van der Waals surface area contributed by atoms with Crippen molar-refractivity contribution in [1.29, 1.82) is 0 Å². The Morgan fingerprint density at radius 2 is 2.12 bits per heavy atom. The minimum atomic E-state index is -0.0527. The molecule has 0 aliphatic carbocycles. The molecule has 2 rings (SSSR count). The molecule has 1 aromatic carbocycles. The summed E-state index contributed by atoms with van der Waals surface area (Å²) in [6.45, 7) is 6.39. The van der Waals surface area contributed by atoms with E-state index in [1.54, 1.807) is 6.20 Å². The molecule has 0 amide bonds. The maximum absolute atomic E-state index is 9.02. The number of aliphatic hydroxyl groups is 1. The number of aliphatic hydroxyl groups excluding tert-OH is 1. The molecule has 0 saturated heterocycles. The third kappa shape index (κ3) is 2.39. The van der Waals surface area contributed by atoms with Gasteiger partial charge in [0.15, 0.2) is 0 Å². The molecule has 0 unspecified atom stereocenters. The molecule has 0 spiro atoms. The lowest BCUT2D eigenvalue weighted by Crippen LogP contribution is -1.91. The molecule has 3 nitrogen and oxygen atoms in total. The lowest BCUT2D eigenvalue weighted by atomic mass is 9.97. The molecule has 2 aromatic rings. The Balaban J connectivity index is 2.46. The monoisotopic (exact) mass is 230 g/mol. The van der Waals surface area contributed by atoms with Gasteiger partial charge in [0.2, 0.25) is 0 Å². The molecule has 1 heterocycles. The first-order chi connectivity index (χ1) is 8.11. The molecule has 1 aromatic heterocycles. The molecule has 90 valence electrons. The van der Waals surface area contributed by atoms with E-state index < -0.39 is 0 Å². The Labute approximate surface area is 102 Å². The number of rotatable bonds is 3. The topological polar surface area (TPSA) is 48.9 Å². The maximum Gasteiger partial charge on any atom is 0.132 e. The summed E-state index contributed by atoms with van der Waals surface area (Å²) in [6.07, 6.45) is 1.78. The van der Waals surface area contributed by atoms with Gasteiger partial charge < -0.3 is 10.1 Å². The predicted octanol–water partition coefficient (Wildman–Crippen LogP) is 3.00. The van der Waals surface area contributed by atoms with Crippen molar-refractivity contribution in [2.24, 2.45) is 0 Å². The van der Waals surface area contributed by atoms with Gasteiger partial charge in [0.1, 0.15) is 12.4 Å². The number of imidazole rings is 1. The second-order valence-corrected chi connectivity index (χ2v) is 4.63.